The average Bonchev–Trinajstić information content (AvgIpc) is 2.57. The number of hydrogen-bond acceptors (Lipinski definition) is 4. The summed E-state index contributed by atoms with van der Waals surface area (Å²) >= 11 is 0. The Kier molecular flexibility index (Phi) is 7.24. The molecule has 25 heavy (non-hydrogen) atoms. The number of piperidine rings is 1. The molecular weight excluding hydrogens is 337 g/mol. The van der Waals surface area contributed by atoms with Crippen LogP contribution in [-0.4, -0.2) is 36.2 Å². The predicted molar refractivity (Wildman–Crippen MR) is 99.5 cm³/mol. The molecule has 1 saturated heterocycles. The Morgan fingerprint density at radius 2 is 1.76 bits per heavy atom. The molecule has 0 spiro atoms. The minimum absolute atomic E-state index is 0.119. The molecule has 0 N–H and O–H groups in total. The highest BCUT2D eigenvalue weighted by Crippen LogP contribution is 2.57. The van der Waals surface area contributed by atoms with Gasteiger partial charge in [0, 0.05) is 13.1 Å². The molecule has 0 aromatic heterocycles. The molecule has 1 unspecified atom stereocenters. The number of amides is 1. The fourth-order valence-electron chi connectivity index (χ4n) is 3.32. The first-order valence-electron chi connectivity index (χ1n) is 9.12. The van der Waals surface area contributed by atoms with Crippen LogP contribution in [-0.2, 0) is 25.0 Å². The summed E-state index contributed by atoms with van der Waals surface area (Å²) in [6, 6.07) is 9.90. The Labute approximate surface area is 151 Å². The van der Waals surface area contributed by atoms with Gasteiger partial charge in [-0.15, -0.1) is 0 Å². The van der Waals surface area contributed by atoms with E-state index >= 15 is 0 Å². The van der Waals surface area contributed by atoms with Gasteiger partial charge in [-0.25, -0.2) is 0 Å². The maximum Gasteiger partial charge on any atom is 0.343 e. The van der Waals surface area contributed by atoms with E-state index in [9.17, 15) is 9.36 Å². The topological polar surface area (TPSA) is 55.8 Å². The van der Waals surface area contributed by atoms with Crippen molar-refractivity contribution in [2.45, 2.75) is 46.3 Å². The minimum atomic E-state index is -3.46. The van der Waals surface area contributed by atoms with Crippen molar-refractivity contribution >= 4 is 13.5 Å². The van der Waals surface area contributed by atoms with Crippen LogP contribution in [0.2, 0.25) is 0 Å². The third-order valence-electron chi connectivity index (χ3n) is 4.74. The number of benzene rings is 1. The molecule has 0 radical (unpaired) electrons. The first kappa shape index (κ1) is 20.2. The fraction of sp³-hybridized carbons (Fsp3) is 0.632. The van der Waals surface area contributed by atoms with E-state index < -0.39 is 13.3 Å². The zero-order valence-corrected chi connectivity index (χ0v) is 16.6. The second-order valence-corrected chi connectivity index (χ2v) is 9.05. The van der Waals surface area contributed by atoms with Crippen molar-refractivity contribution < 1.29 is 18.4 Å². The molecule has 5 nitrogen and oxygen atoms in total. The van der Waals surface area contributed by atoms with Crippen LogP contribution in [0.25, 0.3) is 0 Å². The van der Waals surface area contributed by atoms with Crippen LogP contribution in [0.15, 0.2) is 30.3 Å². The monoisotopic (exact) mass is 367 g/mol. The van der Waals surface area contributed by atoms with Gasteiger partial charge in [0.15, 0.2) is 0 Å². The molecule has 0 saturated carbocycles. The first-order chi connectivity index (χ1) is 11.9. The largest absolute Gasteiger partial charge is 0.343 e. The maximum atomic E-state index is 13.3. The van der Waals surface area contributed by atoms with Gasteiger partial charge in [-0.3, -0.25) is 9.36 Å². The number of carbonyl (C=O) groups is 1. The highest BCUT2D eigenvalue weighted by atomic mass is 31.2. The maximum absolute atomic E-state index is 13.3. The summed E-state index contributed by atoms with van der Waals surface area (Å²) in [7, 11) is -3.46. The molecule has 1 aromatic rings. The Morgan fingerprint density at radius 1 is 1.16 bits per heavy atom. The number of likely N-dealkylation sites (tertiary alicyclic amines) is 1. The Hall–Kier alpha value is -1.16. The first-order valence-corrected chi connectivity index (χ1v) is 10.7. The average molecular weight is 367 g/mol. The lowest BCUT2D eigenvalue weighted by Gasteiger charge is -2.40. The molecule has 6 heteroatoms. The summed E-state index contributed by atoms with van der Waals surface area (Å²) in [6.45, 7) is 9.59. The third-order valence-corrected chi connectivity index (χ3v) is 7.17. The van der Waals surface area contributed by atoms with Crippen molar-refractivity contribution in [3.8, 4) is 0 Å². The molecule has 1 fully saturated rings. The minimum Gasteiger partial charge on any atom is -0.337 e. The van der Waals surface area contributed by atoms with Gasteiger partial charge in [-0.1, -0.05) is 44.2 Å². The van der Waals surface area contributed by atoms with E-state index in [0.29, 0.717) is 25.4 Å². The molecule has 0 bridgehead atoms. The van der Waals surface area contributed by atoms with E-state index in [2.05, 4.69) is 13.8 Å². The summed E-state index contributed by atoms with van der Waals surface area (Å²) in [4.78, 5) is 14.9. The summed E-state index contributed by atoms with van der Waals surface area (Å²) in [5, 5.41) is 0. The molecule has 1 aliphatic heterocycles. The molecular formula is C19H30NO4P. The summed E-state index contributed by atoms with van der Waals surface area (Å²) in [6.07, 6.45) is 0.555. The zero-order valence-electron chi connectivity index (χ0n) is 15.7. The van der Waals surface area contributed by atoms with Crippen LogP contribution in [0.1, 0.15) is 39.7 Å². The smallest absolute Gasteiger partial charge is 0.337 e. The quantitative estimate of drug-likeness (QED) is 0.642. The summed E-state index contributed by atoms with van der Waals surface area (Å²) in [5.41, 5.74) is 0.360. The van der Waals surface area contributed by atoms with Gasteiger partial charge in [0.05, 0.1) is 13.2 Å². The Balaban J connectivity index is 2.28. The van der Waals surface area contributed by atoms with Crippen LogP contribution in [0.4, 0.5) is 0 Å². The van der Waals surface area contributed by atoms with Crippen molar-refractivity contribution in [3.63, 3.8) is 0 Å². The lowest BCUT2D eigenvalue weighted by Crippen LogP contribution is -2.49. The highest BCUT2D eigenvalue weighted by Gasteiger charge is 2.47. The van der Waals surface area contributed by atoms with Crippen LogP contribution in [0.3, 0.4) is 0 Å². The molecule has 2 rings (SSSR count). The molecule has 1 aromatic carbocycles. The number of hydrogen-bond donors (Lipinski definition) is 0. The second kappa shape index (κ2) is 8.98. The van der Waals surface area contributed by atoms with Crippen molar-refractivity contribution in [2.24, 2.45) is 11.8 Å². The van der Waals surface area contributed by atoms with E-state index in [1.54, 1.807) is 13.8 Å². The van der Waals surface area contributed by atoms with Gasteiger partial charge >= 0.3 is 7.60 Å². The lowest BCUT2D eigenvalue weighted by molar-refractivity contribution is -0.136. The van der Waals surface area contributed by atoms with Crippen LogP contribution in [0.5, 0.6) is 0 Å². The fourth-order valence-corrected chi connectivity index (χ4v) is 5.43. The highest BCUT2D eigenvalue weighted by molar-refractivity contribution is 7.55. The Bertz CT molecular complexity index is 595. The van der Waals surface area contributed by atoms with E-state index in [0.717, 1.165) is 5.56 Å². The van der Waals surface area contributed by atoms with Crippen molar-refractivity contribution in [2.75, 3.05) is 19.8 Å². The third kappa shape index (κ3) is 4.93. The second-order valence-electron chi connectivity index (χ2n) is 6.84. The SMILES string of the molecule is CCOP(=O)(OCC)C1C[C@@H](C(C)C)CN(Cc2ccccc2)C1=O. The summed E-state index contributed by atoms with van der Waals surface area (Å²) < 4.78 is 24.2. The lowest BCUT2D eigenvalue weighted by atomic mass is 9.87. The van der Waals surface area contributed by atoms with Gasteiger partial charge < -0.3 is 13.9 Å². The van der Waals surface area contributed by atoms with Gasteiger partial charge in [-0.2, -0.15) is 0 Å². The van der Waals surface area contributed by atoms with Gasteiger partial charge in [-0.05, 0) is 37.7 Å². The van der Waals surface area contributed by atoms with E-state index in [4.69, 9.17) is 9.05 Å². The van der Waals surface area contributed by atoms with Crippen molar-refractivity contribution in [3.05, 3.63) is 35.9 Å². The van der Waals surface area contributed by atoms with E-state index in [1.165, 1.54) is 0 Å². The number of carbonyl (C=O) groups excluding carboxylic acids is 1. The molecule has 2 atom stereocenters. The van der Waals surface area contributed by atoms with Gasteiger partial charge in [0.25, 0.3) is 0 Å². The zero-order chi connectivity index (χ0) is 18.4. The van der Waals surface area contributed by atoms with Crippen molar-refractivity contribution in [1.82, 2.24) is 4.90 Å². The van der Waals surface area contributed by atoms with E-state index in [-0.39, 0.29) is 25.0 Å². The normalized spacial score (nSPS) is 21.8. The Morgan fingerprint density at radius 3 is 2.28 bits per heavy atom. The number of nitrogens with zero attached hydrogens (tertiary/aromatic N) is 1. The van der Waals surface area contributed by atoms with Crippen LogP contribution in [0, 0.1) is 11.8 Å². The predicted octanol–water partition coefficient (Wildman–Crippen LogP) is 4.33. The molecule has 1 amide bonds. The standard InChI is InChI=1S/C19H30NO4P/c1-5-23-25(22,24-6-2)18-12-17(15(3)4)14-20(19(18)21)13-16-10-8-7-9-11-16/h7-11,15,17-18H,5-6,12-14H2,1-4H3/t17-,18?/m1/s1. The van der Waals surface area contributed by atoms with E-state index in [1.807, 2.05) is 35.2 Å². The van der Waals surface area contributed by atoms with Gasteiger partial charge in [0.1, 0.15) is 5.66 Å². The summed E-state index contributed by atoms with van der Waals surface area (Å²) in [5.74, 6) is 0.553. The molecule has 140 valence electrons. The molecule has 1 heterocycles. The molecule has 1 aliphatic rings. The van der Waals surface area contributed by atoms with Crippen LogP contribution < -0.4 is 0 Å². The van der Waals surface area contributed by atoms with Crippen molar-refractivity contribution in [1.29, 1.82) is 0 Å². The van der Waals surface area contributed by atoms with Gasteiger partial charge in [0.2, 0.25) is 5.91 Å². The molecule has 0 aliphatic carbocycles. The number of rotatable bonds is 8. The van der Waals surface area contributed by atoms with Crippen LogP contribution >= 0.6 is 7.60 Å².